The maximum Gasteiger partial charge on any atom is 0.122 e. The lowest BCUT2D eigenvalue weighted by atomic mass is 9.74. The maximum atomic E-state index is 5.47. The first-order valence-corrected chi connectivity index (χ1v) is 6.00. The van der Waals surface area contributed by atoms with Crippen molar-refractivity contribution in [3.8, 4) is 5.75 Å². The summed E-state index contributed by atoms with van der Waals surface area (Å²) in [5.41, 5.74) is 2.93. The van der Waals surface area contributed by atoms with E-state index in [9.17, 15) is 0 Å². The molecule has 0 saturated carbocycles. The highest BCUT2D eigenvalue weighted by atomic mass is 16.5. The van der Waals surface area contributed by atoms with Crippen LogP contribution >= 0.6 is 0 Å². The van der Waals surface area contributed by atoms with Crippen LogP contribution in [0.2, 0.25) is 0 Å². The SMILES string of the molecule is CCc1ccc(OC)c(C2CNC2(C)C)c1. The van der Waals surface area contributed by atoms with E-state index in [0.29, 0.717) is 5.92 Å². The Hall–Kier alpha value is -1.02. The number of methoxy groups -OCH3 is 1. The summed E-state index contributed by atoms with van der Waals surface area (Å²) in [4.78, 5) is 0. The number of benzene rings is 1. The summed E-state index contributed by atoms with van der Waals surface area (Å²) in [7, 11) is 1.75. The topological polar surface area (TPSA) is 21.3 Å². The average Bonchev–Trinajstić information content (AvgIpc) is 2.27. The molecule has 2 rings (SSSR count). The number of hydrogen-bond donors (Lipinski definition) is 1. The molecule has 0 amide bonds. The average molecular weight is 219 g/mol. The fourth-order valence-electron chi connectivity index (χ4n) is 2.39. The highest BCUT2D eigenvalue weighted by molar-refractivity contribution is 5.43. The van der Waals surface area contributed by atoms with Gasteiger partial charge in [0.2, 0.25) is 0 Å². The van der Waals surface area contributed by atoms with Crippen LogP contribution in [0.4, 0.5) is 0 Å². The predicted octanol–water partition coefficient (Wildman–Crippen LogP) is 2.72. The summed E-state index contributed by atoms with van der Waals surface area (Å²) in [6.07, 6.45) is 1.08. The summed E-state index contributed by atoms with van der Waals surface area (Å²) < 4.78 is 5.47. The molecule has 1 saturated heterocycles. The fourth-order valence-corrected chi connectivity index (χ4v) is 2.39. The Morgan fingerprint density at radius 2 is 2.19 bits per heavy atom. The van der Waals surface area contributed by atoms with Crippen molar-refractivity contribution in [2.75, 3.05) is 13.7 Å². The third kappa shape index (κ3) is 1.82. The van der Waals surface area contributed by atoms with Gasteiger partial charge in [-0.3, -0.25) is 0 Å². The van der Waals surface area contributed by atoms with Crippen LogP contribution in [0.25, 0.3) is 0 Å². The maximum absolute atomic E-state index is 5.47. The van der Waals surface area contributed by atoms with Crippen LogP contribution < -0.4 is 10.1 Å². The van der Waals surface area contributed by atoms with E-state index < -0.39 is 0 Å². The highest BCUT2D eigenvalue weighted by Gasteiger charge is 2.40. The van der Waals surface area contributed by atoms with Crippen LogP contribution in [0.15, 0.2) is 18.2 Å². The Labute approximate surface area is 98.0 Å². The fraction of sp³-hybridized carbons (Fsp3) is 0.571. The molecular weight excluding hydrogens is 198 g/mol. The summed E-state index contributed by atoms with van der Waals surface area (Å²) in [6.45, 7) is 7.74. The van der Waals surface area contributed by atoms with Crippen LogP contribution in [0, 0.1) is 0 Å². The zero-order chi connectivity index (χ0) is 11.8. The van der Waals surface area contributed by atoms with Gasteiger partial charge in [-0.2, -0.15) is 0 Å². The minimum absolute atomic E-state index is 0.194. The van der Waals surface area contributed by atoms with Crippen molar-refractivity contribution in [2.45, 2.75) is 38.6 Å². The molecular formula is C14H21NO. The van der Waals surface area contributed by atoms with Gasteiger partial charge >= 0.3 is 0 Å². The van der Waals surface area contributed by atoms with Crippen molar-refractivity contribution in [3.05, 3.63) is 29.3 Å². The lowest BCUT2D eigenvalue weighted by molar-refractivity contribution is 0.204. The molecule has 1 aromatic carbocycles. The van der Waals surface area contributed by atoms with Crippen LogP contribution in [-0.4, -0.2) is 19.2 Å². The Bertz CT molecular complexity index is 384. The Kier molecular flexibility index (Phi) is 2.94. The molecule has 0 aromatic heterocycles. The molecule has 0 spiro atoms. The van der Waals surface area contributed by atoms with Gasteiger partial charge in [0, 0.05) is 23.6 Å². The van der Waals surface area contributed by atoms with Gasteiger partial charge in [-0.25, -0.2) is 0 Å². The second kappa shape index (κ2) is 4.10. The Morgan fingerprint density at radius 3 is 2.62 bits per heavy atom. The van der Waals surface area contributed by atoms with E-state index in [1.54, 1.807) is 7.11 Å². The lowest BCUT2D eigenvalue weighted by Gasteiger charge is -2.46. The molecule has 0 bridgehead atoms. The van der Waals surface area contributed by atoms with Crippen LogP contribution in [0.5, 0.6) is 5.75 Å². The molecule has 1 aliphatic rings. The third-order valence-electron chi connectivity index (χ3n) is 3.71. The Balaban J connectivity index is 2.37. The van der Waals surface area contributed by atoms with Crippen molar-refractivity contribution >= 4 is 0 Å². The zero-order valence-electron chi connectivity index (χ0n) is 10.6. The molecule has 2 heteroatoms. The van der Waals surface area contributed by atoms with Crippen molar-refractivity contribution in [1.29, 1.82) is 0 Å². The molecule has 1 unspecified atom stereocenters. The van der Waals surface area contributed by atoms with Gasteiger partial charge in [-0.1, -0.05) is 19.1 Å². The van der Waals surface area contributed by atoms with Gasteiger partial charge in [-0.05, 0) is 31.9 Å². The van der Waals surface area contributed by atoms with Gasteiger partial charge in [0.1, 0.15) is 5.75 Å². The van der Waals surface area contributed by atoms with Crippen LogP contribution in [0.3, 0.4) is 0 Å². The molecule has 1 atom stereocenters. The standard InChI is InChI=1S/C14H21NO/c1-5-10-6-7-13(16-4)11(8-10)12-9-15-14(12,2)3/h6-8,12,15H,5,9H2,1-4H3. The molecule has 1 fully saturated rings. The van der Waals surface area contributed by atoms with Gasteiger partial charge in [-0.15, -0.1) is 0 Å². The molecule has 0 aliphatic carbocycles. The monoisotopic (exact) mass is 219 g/mol. The van der Waals surface area contributed by atoms with Crippen molar-refractivity contribution < 1.29 is 4.74 Å². The van der Waals surface area contributed by atoms with Gasteiger partial charge in [0.05, 0.1) is 7.11 Å². The van der Waals surface area contributed by atoms with E-state index >= 15 is 0 Å². The molecule has 16 heavy (non-hydrogen) atoms. The molecule has 0 radical (unpaired) electrons. The first kappa shape index (κ1) is 11.5. The number of rotatable bonds is 3. The molecule has 1 aliphatic heterocycles. The quantitative estimate of drug-likeness (QED) is 0.844. The van der Waals surface area contributed by atoms with E-state index in [0.717, 1.165) is 18.7 Å². The second-order valence-electron chi connectivity index (χ2n) is 5.09. The Morgan fingerprint density at radius 1 is 1.44 bits per heavy atom. The molecule has 2 nitrogen and oxygen atoms in total. The largest absolute Gasteiger partial charge is 0.496 e. The first-order chi connectivity index (χ1) is 7.58. The van der Waals surface area contributed by atoms with Gasteiger partial charge < -0.3 is 10.1 Å². The van der Waals surface area contributed by atoms with Crippen molar-refractivity contribution in [1.82, 2.24) is 5.32 Å². The number of nitrogens with one attached hydrogen (secondary N) is 1. The van der Waals surface area contributed by atoms with Crippen molar-refractivity contribution in [2.24, 2.45) is 0 Å². The highest BCUT2D eigenvalue weighted by Crippen LogP contribution is 2.39. The summed E-state index contributed by atoms with van der Waals surface area (Å²) in [5, 5.41) is 3.47. The minimum Gasteiger partial charge on any atom is -0.496 e. The number of ether oxygens (including phenoxy) is 1. The summed E-state index contributed by atoms with van der Waals surface area (Å²) in [6, 6.07) is 6.55. The minimum atomic E-state index is 0.194. The summed E-state index contributed by atoms with van der Waals surface area (Å²) in [5.74, 6) is 1.59. The molecule has 1 aromatic rings. The molecule has 1 N–H and O–H groups in total. The van der Waals surface area contributed by atoms with Crippen LogP contribution in [-0.2, 0) is 6.42 Å². The van der Waals surface area contributed by atoms with Gasteiger partial charge in [0.25, 0.3) is 0 Å². The van der Waals surface area contributed by atoms with E-state index in [1.165, 1.54) is 11.1 Å². The van der Waals surface area contributed by atoms with Crippen molar-refractivity contribution in [3.63, 3.8) is 0 Å². The first-order valence-electron chi connectivity index (χ1n) is 6.00. The van der Waals surface area contributed by atoms with Gasteiger partial charge in [0.15, 0.2) is 0 Å². The predicted molar refractivity (Wildman–Crippen MR) is 67.2 cm³/mol. The number of aryl methyl sites for hydroxylation is 1. The van der Waals surface area contributed by atoms with E-state index in [4.69, 9.17) is 4.74 Å². The molecule has 1 heterocycles. The zero-order valence-corrected chi connectivity index (χ0v) is 10.6. The summed E-state index contributed by atoms with van der Waals surface area (Å²) >= 11 is 0. The molecule has 88 valence electrons. The normalized spacial score (nSPS) is 22.6. The smallest absolute Gasteiger partial charge is 0.122 e. The van der Waals surface area contributed by atoms with E-state index in [1.807, 2.05) is 0 Å². The van der Waals surface area contributed by atoms with E-state index in [2.05, 4.69) is 44.3 Å². The van der Waals surface area contributed by atoms with Crippen LogP contribution in [0.1, 0.15) is 37.8 Å². The third-order valence-corrected chi connectivity index (χ3v) is 3.71. The lowest BCUT2D eigenvalue weighted by Crippen LogP contribution is -2.59. The second-order valence-corrected chi connectivity index (χ2v) is 5.09. The number of hydrogen-bond acceptors (Lipinski definition) is 2. The van der Waals surface area contributed by atoms with E-state index in [-0.39, 0.29) is 5.54 Å².